The van der Waals surface area contributed by atoms with Crippen LogP contribution < -0.4 is 0 Å². The average molecular weight is 180 g/mol. The van der Waals surface area contributed by atoms with E-state index in [2.05, 4.69) is 33.9 Å². The summed E-state index contributed by atoms with van der Waals surface area (Å²) < 4.78 is 0. The largest absolute Gasteiger partial charge is 0.0991 e. The molecule has 0 aromatic carbocycles. The van der Waals surface area contributed by atoms with E-state index in [0.29, 0.717) is 0 Å². The Labute approximate surface area is 84.1 Å². The standard InChI is InChI=1S/C11H18.C2H6/c1-7-8-10(9(2)3)11(4,5)6;1-2/h7-8H,1-2H2,3-6H3;1-2H3/b10-8+;. The Kier molecular flexibility index (Phi) is 7.60. The van der Waals surface area contributed by atoms with Crippen LogP contribution in [0, 0.1) is 5.41 Å². The van der Waals surface area contributed by atoms with Gasteiger partial charge in [-0.2, -0.15) is 0 Å². The summed E-state index contributed by atoms with van der Waals surface area (Å²) in [4.78, 5) is 0. The van der Waals surface area contributed by atoms with Crippen molar-refractivity contribution in [3.05, 3.63) is 36.5 Å². The third kappa shape index (κ3) is 6.39. The quantitative estimate of drug-likeness (QED) is 0.538. The molecule has 0 saturated heterocycles. The first kappa shape index (κ1) is 14.7. The molecule has 0 fully saturated rings. The number of hydrogen-bond donors (Lipinski definition) is 0. The second kappa shape index (κ2) is 6.71. The van der Waals surface area contributed by atoms with Crippen LogP contribution in [0.15, 0.2) is 36.5 Å². The lowest BCUT2D eigenvalue weighted by molar-refractivity contribution is 0.511. The van der Waals surface area contributed by atoms with Crippen molar-refractivity contribution < 1.29 is 0 Å². The molecule has 0 N–H and O–H groups in total. The van der Waals surface area contributed by atoms with E-state index in [1.807, 2.05) is 32.9 Å². The molecule has 0 heteroatoms. The zero-order valence-electron chi connectivity index (χ0n) is 10.1. The van der Waals surface area contributed by atoms with Crippen LogP contribution in [0.4, 0.5) is 0 Å². The van der Waals surface area contributed by atoms with Gasteiger partial charge in [-0.3, -0.25) is 0 Å². The van der Waals surface area contributed by atoms with Crippen molar-refractivity contribution >= 4 is 0 Å². The second-order valence-electron chi connectivity index (χ2n) is 3.85. The Balaban J connectivity index is 0. The molecule has 0 unspecified atom stereocenters. The summed E-state index contributed by atoms with van der Waals surface area (Å²) in [7, 11) is 0. The van der Waals surface area contributed by atoms with Crippen molar-refractivity contribution in [2.45, 2.75) is 41.5 Å². The molecule has 0 aromatic rings. The molecule has 0 aromatic heterocycles. The van der Waals surface area contributed by atoms with Gasteiger partial charge in [-0.15, -0.1) is 0 Å². The van der Waals surface area contributed by atoms with Gasteiger partial charge < -0.3 is 0 Å². The molecular weight excluding hydrogens is 156 g/mol. The van der Waals surface area contributed by atoms with Gasteiger partial charge in [0.05, 0.1) is 0 Å². The van der Waals surface area contributed by atoms with Crippen LogP contribution in [0.5, 0.6) is 0 Å². The van der Waals surface area contributed by atoms with Gasteiger partial charge in [0, 0.05) is 0 Å². The minimum Gasteiger partial charge on any atom is -0.0991 e. The molecule has 0 aliphatic heterocycles. The highest BCUT2D eigenvalue weighted by Gasteiger charge is 2.16. The van der Waals surface area contributed by atoms with Crippen molar-refractivity contribution in [1.29, 1.82) is 0 Å². The van der Waals surface area contributed by atoms with E-state index in [4.69, 9.17) is 0 Å². The van der Waals surface area contributed by atoms with E-state index >= 15 is 0 Å². The summed E-state index contributed by atoms with van der Waals surface area (Å²) >= 11 is 0. The molecule has 0 bridgehead atoms. The highest BCUT2D eigenvalue weighted by Crippen LogP contribution is 2.29. The Morgan fingerprint density at radius 2 is 1.54 bits per heavy atom. The first-order valence-corrected chi connectivity index (χ1v) is 4.88. The SMILES string of the molecule is C=C/C=C(\C(=C)C)C(C)(C)C.CC. The van der Waals surface area contributed by atoms with Crippen molar-refractivity contribution in [2.75, 3.05) is 0 Å². The van der Waals surface area contributed by atoms with E-state index in [0.717, 1.165) is 5.57 Å². The average Bonchev–Trinajstić information content (AvgIpc) is 2.01. The smallest absolute Gasteiger partial charge is 0.0129 e. The highest BCUT2D eigenvalue weighted by molar-refractivity contribution is 5.33. The van der Waals surface area contributed by atoms with Crippen LogP contribution in [-0.2, 0) is 0 Å². The predicted molar refractivity (Wildman–Crippen MR) is 63.9 cm³/mol. The minimum absolute atomic E-state index is 0.181. The summed E-state index contributed by atoms with van der Waals surface area (Å²) in [6, 6.07) is 0. The van der Waals surface area contributed by atoms with Crippen LogP contribution in [0.25, 0.3) is 0 Å². The van der Waals surface area contributed by atoms with E-state index in [1.54, 1.807) is 0 Å². The minimum atomic E-state index is 0.181. The predicted octanol–water partition coefficient (Wildman–Crippen LogP) is 4.75. The molecule has 0 spiro atoms. The van der Waals surface area contributed by atoms with Crippen molar-refractivity contribution in [3.8, 4) is 0 Å². The van der Waals surface area contributed by atoms with Gasteiger partial charge in [-0.1, -0.05) is 65.5 Å². The van der Waals surface area contributed by atoms with Gasteiger partial charge in [0.15, 0.2) is 0 Å². The summed E-state index contributed by atoms with van der Waals surface area (Å²) in [6.07, 6.45) is 3.84. The Morgan fingerprint density at radius 3 is 1.62 bits per heavy atom. The fourth-order valence-corrected chi connectivity index (χ4v) is 1.15. The normalized spacial score (nSPS) is 11.4. The zero-order chi connectivity index (χ0) is 11.1. The van der Waals surface area contributed by atoms with Gasteiger partial charge in [-0.05, 0) is 17.9 Å². The second-order valence-corrected chi connectivity index (χ2v) is 3.85. The zero-order valence-corrected chi connectivity index (χ0v) is 10.1. The van der Waals surface area contributed by atoms with E-state index in [1.165, 1.54) is 5.57 Å². The van der Waals surface area contributed by atoms with Crippen LogP contribution in [-0.4, -0.2) is 0 Å². The highest BCUT2D eigenvalue weighted by atomic mass is 14.2. The van der Waals surface area contributed by atoms with Gasteiger partial charge in [0.1, 0.15) is 0 Å². The van der Waals surface area contributed by atoms with Crippen LogP contribution in [0.2, 0.25) is 0 Å². The molecule has 0 nitrogen and oxygen atoms in total. The molecule has 0 aliphatic carbocycles. The van der Waals surface area contributed by atoms with Crippen molar-refractivity contribution in [2.24, 2.45) is 5.41 Å². The molecule has 0 aliphatic rings. The fraction of sp³-hybridized carbons (Fsp3) is 0.538. The summed E-state index contributed by atoms with van der Waals surface area (Å²) in [5, 5.41) is 0. The van der Waals surface area contributed by atoms with Crippen LogP contribution in [0.1, 0.15) is 41.5 Å². The third-order valence-electron chi connectivity index (χ3n) is 1.55. The lowest BCUT2D eigenvalue weighted by atomic mass is 9.82. The lowest BCUT2D eigenvalue weighted by Crippen LogP contribution is -2.09. The first-order chi connectivity index (χ1) is 5.89. The summed E-state index contributed by atoms with van der Waals surface area (Å²) in [5.41, 5.74) is 2.57. The molecule has 0 heterocycles. The molecule has 0 radical (unpaired) electrons. The van der Waals surface area contributed by atoms with Crippen molar-refractivity contribution in [1.82, 2.24) is 0 Å². The third-order valence-corrected chi connectivity index (χ3v) is 1.55. The number of rotatable bonds is 2. The molecule has 0 saturated carbocycles. The molecule has 76 valence electrons. The van der Waals surface area contributed by atoms with Crippen molar-refractivity contribution in [3.63, 3.8) is 0 Å². The van der Waals surface area contributed by atoms with Crippen LogP contribution >= 0.6 is 0 Å². The van der Waals surface area contributed by atoms with E-state index in [9.17, 15) is 0 Å². The number of allylic oxidation sites excluding steroid dienone is 4. The maximum absolute atomic E-state index is 3.92. The first-order valence-electron chi connectivity index (χ1n) is 4.88. The molecular formula is C13H24. The van der Waals surface area contributed by atoms with Gasteiger partial charge in [-0.25, -0.2) is 0 Å². The van der Waals surface area contributed by atoms with E-state index in [-0.39, 0.29) is 5.41 Å². The monoisotopic (exact) mass is 180 g/mol. The number of hydrogen-bond acceptors (Lipinski definition) is 0. The Morgan fingerprint density at radius 1 is 1.15 bits per heavy atom. The fourth-order valence-electron chi connectivity index (χ4n) is 1.15. The topological polar surface area (TPSA) is 0 Å². The van der Waals surface area contributed by atoms with Crippen LogP contribution in [0.3, 0.4) is 0 Å². The van der Waals surface area contributed by atoms with E-state index < -0.39 is 0 Å². The van der Waals surface area contributed by atoms with Gasteiger partial charge >= 0.3 is 0 Å². The Bertz CT molecular complexity index is 187. The summed E-state index contributed by atoms with van der Waals surface area (Å²) in [5.74, 6) is 0. The Hall–Kier alpha value is -0.780. The maximum atomic E-state index is 3.92. The summed E-state index contributed by atoms with van der Waals surface area (Å²) in [6.45, 7) is 20.2. The van der Waals surface area contributed by atoms with Gasteiger partial charge in [0.2, 0.25) is 0 Å². The molecule has 13 heavy (non-hydrogen) atoms. The maximum Gasteiger partial charge on any atom is -0.0129 e. The molecule has 0 rings (SSSR count). The lowest BCUT2D eigenvalue weighted by Gasteiger charge is -2.22. The molecule has 0 atom stereocenters. The molecule has 0 amide bonds. The van der Waals surface area contributed by atoms with Gasteiger partial charge in [0.25, 0.3) is 0 Å².